The van der Waals surface area contributed by atoms with Crippen LogP contribution in [0.4, 0.5) is 0 Å². The number of hydrogen-bond acceptors (Lipinski definition) is 1. The number of quaternary nitrogens is 1. The fourth-order valence-corrected chi connectivity index (χ4v) is 1.64. The largest absolute Gasteiger partial charge is 1.00 e. The molecule has 0 spiro atoms. The van der Waals surface area contributed by atoms with Gasteiger partial charge in [0.25, 0.3) is 0 Å². The Bertz CT molecular complexity index is 290. The van der Waals surface area contributed by atoms with E-state index in [1.807, 2.05) is 6.07 Å². The minimum Gasteiger partial charge on any atom is -1.00 e. The lowest BCUT2D eigenvalue weighted by molar-refractivity contribution is -0.864. The van der Waals surface area contributed by atoms with E-state index in [0.29, 0.717) is 0 Å². The topological polar surface area (TPSA) is 0 Å². The van der Waals surface area contributed by atoms with Gasteiger partial charge in [-0.3, -0.25) is 0 Å². The van der Waals surface area contributed by atoms with Gasteiger partial charge in [-0.1, -0.05) is 30.0 Å². The molecule has 0 heterocycles. The van der Waals surface area contributed by atoms with Gasteiger partial charge in [0.05, 0.1) is 27.7 Å². The molecular weight excluding hydrogens is 317 g/mol. The molecule has 0 N–H and O–H groups in total. The van der Waals surface area contributed by atoms with Gasteiger partial charge in [-0.2, -0.15) is 0 Å². The number of halogens is 1. The highest BCUT2D eigenvalue weighted by molar-refractivity contribution is 8.02. The molecule has 84 valence electrons. The molecular formula is C12H18INS. The summed E-state index contributed by atoms with van der Waals surface area (Å²) in [6.45, 7) is 1.07. The summed E-state index contributed by atoms with van der Waals surface area (Å²) in [5, 5.41) is 2.17. The van der Waals surface area contributed by atoms with E-state index in [2.05, 4.69) is 56.9 Å². The van der Waals surface area contributed by atoms with Crippen molar-refractivity contribution in [3.05, 3.63) is 41.8 Å². The molecule has 0 atom stereocenters. The lowest BCUT2D eigenvalue weighted by Gasteiger charge is -2.21. The van der Waals surface area contributed by atoms with E-state index in [-0.39, 0.29) is 24.0 Å². The summed E-state index contributed by atoms with van der Waals surface area (Å²) in [7, 11) is 6.58. The number of benzene rings is 1. The zero-order chi connectivity index (χ0) is 10.4. The summed E-state index contributed by atoms with van der Waals surface area (Å²) in [5.74, 6) is 0. The molecule has 0 unspecified atom stereocenters. The highest BCUT2D eigenvalue weighted by atomic mass is 127. The van der Waals surface area contributed by atoms with Crippen LogP contribution in [0.15, 0.2) is 46.7 Å². The maximum atomic E-state index is 2.22. The summed E-state index contributed by atoms with van der Waals surface area (Å²) in [4.78, 5) is 1.30. The average Bonchev–Trinajstić information content (AvgIpc) is 2.13. The van der Waals surface area contributed by atoms with E-state index in [1.54, 1.807) is 11.8 Å². The molecule has 0 aliphatic rings. The SMILES string of the molecule is C[N+](C)(C)C/C=C/Sc1ccccc1.[I-]. The van der Waals surface area contributed by atoms with Crippen LogP contribution in [0.25, 0.3) is 0 Å². The minimum atomic E-state index is 0. The maximum Gasteiger partial charge on any atom is 0.0975 e. The van der Waals surface area contributed by atoms with Gasteiger partial charge >= 0.3 is 0 Å². The van der Waals surface area contributed by atoms with Gasteiger partial charge in [0.15, 0.2) is 0 Å². The Balaban J connectivity index is 0.00000196. The number of hydrogen-bond donors (Lipinski definition) is 0. The lowest BCUT2D eigenvalue weighted by Crippen LogP contribution is -3.00. The Morgan fingerprint density at radius 2 is 1.73 bits per heavy atom. The van der Waals surface area contributed by atoms with Gasteiger partial charge in [-0.25, -0.2) is 0 Å². The van der Waals surface area contributed by atoms with Crippen molar-refractivity contribution in [2.45, 2.75) is 4.90 Å². The van der Waals surface area contributed by atoms with E-state index in [1.165, 1.54) is 4.90 Å². The molecule has 1 nitrogen and oxygen atoms in total. The molecule has 15 heavy (non-hydrogen) atoms. The predicted octanol–water partition coefficient (Wildman–Crippen LogP) is 0.00260. The predicted molar refractivity (Wildman–Crippen MR) is 64.3 cm³/mol. The Labute approximate surface area is 114 Å². The van der Waals surface area contributed by atoms with Crippen LogP contribution >= 0.6 is 11.8 Å². The molecule has 0 saturated heterocycles. The Morgan fingerprint density at radius 3 is 2.27 bits per heavy atom. The molecule has 0 radical (unpaired) electrons. The molecule has 0 aliphatic heterocycles. The summed E-state index contributed by atoms with van der Waals surface area (Å²) in [6, 6.07) is 10.4. The molecule has 0 amide bonds. The molecule has 0 fully saturated rings. The van der Waals surface area contributed by atoms with Gasteiger partial charge in [0.2, 0.25) is 0 Å². The second-order valence-electron chi connectivity index (χ2n) is 4.28. The van der Waals surface area contributed by atoms with Gasteiger partial charge in [0.1, 0.15) is 0 Å². The summed E-state index contributed by atoms with van der Waals surface area (Å²) in [6.07, 6.45) is 2.22. The van der Waals surface area contributed by atoms with Crippen LogP contribution in [0.2, 0.25) is 0 Å². The fraction of sp³-hybridized carbons (Fsp3) is 0.333. The van der Waals surface area contributed by atoms with E-state index < -0.39 is 0 Å². The third-order valence-corrected chi connectivity index (χ3v) is 2.57. The Morgan fingerprint density at radius 1 is 1.13 bits per heavy atom. The van der Waals surface area contributed by atoms with E-state index >= 15 is 0 Å². The van der Waals surface area contributed by atoms with Crippen LogP contribution in [-0.2, 0) is 0 Å². The van der Waals surface area contributed by atoms with Crippen molar-refractivity contribution < 1.29 is 28.5 Å². The molecule has 0 aliphatic carbocycles. The van der Waals surface area contributed by atoms with Crippen LogP contribution in [0.5, 0.6) is 0 Å². The van der Waals surface area contributed by atoms with E-state index in [0.717, 1.165) is 11.0 Å². The first-order valence-corrected chi connectivity index (χ1v) is 5.63. The Kier molecular flexibility index (Phi) is 7.30. The van der Waals surface area contributed by atoms with Crippen molar-refractivity contribution in [2.24, 2.45) is 0 Å². The summed E-state index contributed by atoms with van der Waals surface area (Å²) < 4.78 is 0.978. The second kappa shape index (κ2) is 7.30. The average molecular weight is 335 g/mol. The molecule has 1 aromatic carbocycles. The Hall–Kier alpha value is -0.000000000000000111. The van der Waals surface area contributed by atoms with Crippen molar-refractivity contribution in [1.82, 2.24) is 0 Å². The first kappa shape index (κ1) is 15.0. The van der Waals surface area contributed by atoms with Gasteiger partial charge < -0.3 is 28.5 Å². The van der Waals surface area contributed by atoms with Crippen molar-refractivity contribution in [3.63, 3.8) is 0 Å². The van der Waals surface area contributed by atoms with Gasteiger partial charge in [-0.15, -0.1) is 0 Å². The number of thioether (sulfide) groups is 1. The third-order valence-electron chi connectivity index (χ3n) is 1.70. The van der Waals surface area contributed by atoms with Crippen LogP contribution in [0.3, 0.4) is 0 Å². The van der Waals surface area contributed by atoms with Crippen LogP contribution in [0, 0.1) is 0 Å². The highest BCUT2D eigenvalue weighted by Gasteiger charge is 2.01. The van der Waals surface area contributed by atoms with Crippen molar-refractivity contribution in [3.8, 4) is 0 Å². The summed E-state index contributed by atoms with van der Waals surface area (Å²) in [5.41, 5.74) is 0. The van der Waals surface area contributed by atoms with Gasteiger partial charge in [0, 0.05) is 4.90 Å². The monoisotopic (exact) mass is 335 g/mol. The van der Waals surface area contributed by atoms with Crippen molar-refractivity contribution >= 4 is 11.8 Å². The maximum absolute atomic E-state index is 2.22. The smallest absolute Gasteiger partial charge is 0.0975 e. The quantitative estimate of drug-likeness (QED) is 0.424. The van der Waals surface area contributed by atoms with Crippen molar-refractivity contribution in [2.75, 3.05) is 27.7 Å². The van der Waals surface area contributed by atoms with E-state index in [9.17, 15) is 0 Å². The van der Waals surface area contributed by atoms with Crippen LogP contribution in [-0.4, -0.2) is 32.2 Å². The van der Waals surface area contributed by atoms with Crippen molar-refractivity contribution in [1.29, 1.82) is 0 Å². The molecule has 1 rings (SSSR count). The fourth-order valence-electron chi connectivity index (χ4n) is 0.985. The third kappa shape index (κ3) is 7.88. The van der Waals surface area contributed by atoms with E-state index in [4.69, 9.17) is 0 Å². The highest BCUT2D eigenvalue weighted by Crippen LogP contribution is 2.17. The standard InChI is InChI=1S/C12H18NS.HI/c1-13(2,3)10-7-11-14-12-8-5-4-6-9-12;/h4-9,11H,10H2,1-3H3;1H/q+1;/p-1/b11-7+;. The molecule has 3 heteroatoms. The minimum absolute atomic E-state index is 0. The number of nitrogens with zero attached hydrogens (tertiary/aromatic N) is 1. The first-order chi connectivity index (χ1) is 6.58. The zero-order valence-electron chi connectivity index (χ0n) is 9.48. The van der Waals surface area contributed by atoms with Crippen LogP contribution in [0.1, 0.15) is 0 Å². The first-order valence-electron chi connectivity index (χ1n) is 4.75. The van der Waals surface area contributed by atoms with Gasteiger partial charge in [-0.05, 0) is 23.6 Å². The second-order valence-corrected chi connectivity index (χ2v) is 5.25. The number of likely N-dealkylation sites (N-methyl/N-ethyl adjacent to an activating group) is 1. The molecule has 1 aromatic rings. The lowest BCUT2D eigenvalue weighted by atomic mass is 10.4. The summed E-state index contributed by atoms with van der Waals surface area (Å²) >= 11 is 1.77. The van der Waals surface area contributed by atoms with Crippen LogP contribution < -0.4 is 24.0 Å². The molecule has 0 aromatic heterocycles. The number of rotatable bonds is 4. The molecule has 0 saturated carbocycles. The zero-order valence-corrected chi connectivity index (χ0v) is 12.5. The molecule has 0 bridgehead atoms. The normalized spacial score (nSPS) is 11.4.